The molecule has 0 aliphatic heterocycles. The van der Waals surface area contributed by atoms with Crippen LogP contribution < -0.4 is 16.4 Å². The van der Waals surface area contributed by atoms with Gasteiger partial charge in [0.2, 0.25) is 11.8 Å². The number of hydrogen-bond acceptors (Lipinski definition) is 3. The summed E-state index contributed by atoms with van der Waals surface area (Å²) in [4.78, 5) is 31.6. The summed E-state index contributed by atoms with van der Waals surface area (Å²) < 4.78 is 0. The number of aromatic nitrogens is 2. The summed E-state index contributed by atoms with van der Waals surface area (Å²) in [6.45, 7) is 0.728. The lowest BCUT2D eigenvalue weighted by Gasteiger charge is -2.18. The predicted molar refractivity (Wildman–Crippen MR) is 123 cm³/mol. The second kappa shape index (κ2) is 9.49. The van der Waals surface area contributed by atoms with E-state index in [1.165, 1.54) is 0 Å². The highest BCUT2D eigenvalue weighted by Crippen LogP contribution is 2.20. The van der Waals surface area contributed by atoms with Crippen LogP contribution in [0.1, 0.15) is 17.5 Å². The van der Waals surface area contributed by atoms with Crippen molar-refractivity contribution >= 4 is 33.6 Å². The van der Waals surface area contributed by atoms with Crippen molar-refractivity contribution < 1.29 is 9.59 Å². The predicted octanol–water partition coefficient (Wildman–Crippen LogP) is 2.38. The number of H-pyrrole nitrogens is 2. The van der Waals surface area contributed by atoms with Gasteiger partial charge in [-0.15, -0.1) is 0 Å². The smallest absolute Gasteiger partial charge is 0.242 e. The minimum absolute atomic E-state index is 0.188. The van der Waals surface area contributed by atoms with E-state index in [9.17, 15) is 9.59 Å². The highest BCUT2D eigenvalue weighted by atomic mass is 16.2. The summed E-state index contributed by atoms with van der Waals surface area (Å²) in [6.07, 6.45) is 5.16. The zero-order valence-electron chi connectivity index (χ0n) is 17.3. The molecule has 6 N–H and O–H groups in total. The van der Waals surface area contributed by atoms with Gasteiger partial charge in [-0.3, -0.25) is 9.59 Å². The Bertz CT molecular complexity index is 1190. The van der Waals surface area contributed by atoms with E-state index >= 15 is 0 Å². The Labute approximate surface area is 180 Å². The van der Waals surface area contributed by atoms with Crippen LogP contribution >= 0.6 is 0 Å². The SMILES string of the molecule is NCCC(=O)NC(Cc1c[nH]c2ccccc12)C(=O)NCCc1c[nH]c2ccccc12. The molecule has 0 spiro atoms. The molecule has 0 radical (unpaired) electrons. The molecule has 1 atom stereocenters. The Balaban J connectivity index is 1.43. The van der Waals surface area contributed by atoms with Gasteiger partial charge in [0.25, 0.3) is 0 Å². The number of nitrogens with two attached hydrogens (primary N) is 1. The number of nitrogens with one attached hydrogen (secondary N) is 4. The van der Waals surface area contributed by atoms with Crippen molar-refractivity contribution in [3.63, 3.8) is 0 Å². The van der Waals surface area contributed by atoms with E-state index in [-0.39, 0.29) is 24.8 Å². The average molecular weight is 418 g/mol. The number of amides is 2. The number of carbonyl (C=O) groups is 2. The van der Waals surface area contributed by atoms with Gasteiger partial charge in [-0.05, 0) is 29.7 Å². The summed E-state index contributed by atoms with van der Waals surface area (Å²) in [5.74, 6) is -0.422. The van der Waals surface area contributed by atoms with Gasteiger partial charge >= 0.3 is 0 Å². The van der Waals surface area contributed by atoms with Crippen LogP contribution in [0.3, 0.4) is 0 Å². The molecule has 2 amide bonds. The maximum absolute atomic E-state index is 13.0. The van der Waals surface area contributed by atoms with Crippen LogP contribution in [-0.4, -0.2) is 40.9 Å². The molecule has 0 saturated carbocycles. The molecular weight excluding hydrogens is 390 g/mol. The van der Waals surface area contributed by atoms with E-state index in [0.717, 1.165) is 32.9 Å². The standard InChI is InChI=1S/C24H27N5O2/c25-11-9-23(30)29-22(13-17-15-28-21-8-4-2-6-19(17)21)24(31)26-12-10-16-14-27-20-7-3-1-5-18(16)20/h1-8,14-15,22,27-28H,9-13,25H2,(H,26,31)(H,29,30). The van der Waals surface area contributed by atoms with Crippen molar-refractivity contribution in [3.05, 3.63) is 72.1 Å². The lowest BCUT2D eigenvalue weighted by molar-refractivity contribution is -0.128. The van der Waals surface area contributed by atoms with E-state index in [4.69, 9.17) is 5.73 Å². The van der Waals surface area contributed by atoms with Crippen molar-refractivity contribution in [2.24, 2.45) is 5.73 Å². The van der Waals surface area contributed by atoms with Crippen molar-refractivity contribution in [1.29, 1.82) is 0 Å². The molecular formula is C24H27N5O2. The highest BCUT2D eigenvalue weighted by Gasteiger charge is 2.22. The number of para-hydroxylation sites is 2. The summed E-state index contributed by atoms with van der Waals surface area (Å²) in [5, 5.41) is 8.03. The molecule has 2 aromatic carbocycles. The minimum atomic E-state index is -0.666. The fraction of sp³-hybridized carbons (Fsp3) is 0.250. The number of rotatable bonds is 9. The third-order valence-corrected chi connectivity index (χ3v) is 5.49. The van der Waals surface area contributed by atoms with Gasteiger partial charge in [-0.1, -0.05) is 36.4 Å². The van der Waals surface area contributed by atoms with Crippen LogP contribution in [-0.2, 0) is 22.4 Å². The molecule has 0 saturated heterocycles. The zero-order valence-corrected chi connectivity index (χ0v) is 17.3. The van der Waals surface area contributed by atoms with Gasteiger partial charge in [0.1, 0.15) is 6.04 Å². The minimum Gasteiger partial charge on any atom is -0.361 e. The van der Waals surface area contributed by atoms with Gasteiger partial charge in [0.15, 0.2) is 0 Å². The molecule has 31 heavy (non-hydrogen) atoms. The molecule has 2 aromatic heterocycles. The van der Waals surface area contributed by atoms with Gasteiger partial charge < -0.3 is 26.3 Å². The fourth-order valence-electron chi connectivity index (χ4n) is 3.91. The number of fused-ring (bicyclic) bond motifs is 2. The van der Waals surface area contributed by atoms with Gasteiger partial charge in [0, 0.05) is 60.1 Å². The monoisotopic (exact) mass is 417 g/mol. The Hall–Kier alpha value is -3.58. The summed E-state index contributed by atoms with van der Waals surface area (Å²) >= 11 is 0. The molecule has 7 heteroatoms. The molecule has 7 nitrogen and oxygen atoms in total. The number of aromatic amines is 2. The van der Waals surface area contributed by atoms with Crippen molar-refractivity contribution in [2.45, 2.75) is 25.3 Å². The van der Waals surface area contributed by atoms with Crippen LogP contribution in [0.15, 0.2) is 60.9 Å². The first-order chi connectivity index (χ1) is 15.2. The third-order valence-electron chi connectivity index (χ3n) is 5.49. The maximum Gasteiger partial charge on any atom is 0.242 e. The quantitative estimate of drug-likeness (QED) is 0.288. The van der Waals surface area contributed by atoms with Crippen molar-refractivity contribution in [1.82, 2.24) is 20.6 Å². The van der Waals surface area contributed by atoms with E-state index in [0.29, 0.717) is 19.4 Å². The largest absolute Gasteiger partial charge is 0.361 e. The van der Waals surface area contributed by atoms with Crippen LogP contribution in [0, 0.1) is 0 Å². The van der Waals surface area contributed by atoms with Crippen LogP contribution in [0.2, 0.25) is 0 Å². The molecule has 2 heterocycles. The Morgan fingerprint density at radius 2 is 1.52 bits per heavy atom. The lowest BCUT2D eigenvalue weighted by Crippen LogP contribution is -2.48. The highest BCUT2D eigenvalue weighted by molar-refractivity contribution is 5.90. The Morgan fingerprint density at radius 1 is 0.903 bits per heavy atom. The van der Waals surface area contributed by atoms with Crippen LogP contribution in [0.5, 0.6) is 0 Å². The lowest BCUT2D eigenvalue weighted by atomic mass is 10.0. The molecule has 4 aromatic rings. The molecule has 0 bridgehead atoms. The first-order valence-corrected chi connectivity index (χ1v) is 10.5. The van der Waals surface area contributed by atoms with Crippen LogP contribution in [0.25, 0.3) is 21.8 Å². The Morgan fingerprint density at radius 3 is 2.19 bits per heavy atom. The first-order valence-electron chi connectivity index (χ1n) is 10.5. The molecule has 1 unspecified atom stereocenters. The van der Waals surface area contributed by atoms with Crippen LogP contribution in [0.4, 0.5) is 0 Å². The first kappa shape index (κ1) is 20.7. The van der Waals surface area contributed by atoms with Crippen molar-refractivity contribution in [3.8, 4) is 0 Å². The summed E-state index contributed by atoms with van der Waals surface area (Å²) in [5.41, 5.74) is 9.72. The molecule has 0 aliphatic rings. The number of carbonyl (C=O) groups excluding carboxylic acids is 2. The molecule has 160 valence electrons. The molecule has 0 fully saturated rings. The summed E-state index contributed by atoms with van der Waals surface area (Å²) in [6, 6.07) is 15.3. The third kappa shape index (κ3) is 4.78. The van der Waals surface area contributed by atoms with E-state index in [1.807, 2.05) is 54.9 Å². The Kier molecular flexibility index (Phi) is 6.33. The molecule has 4 rings (SSSR count). The normalized spacial score (nSPS) is 12.2. The zero-order chi connectivity index (χ0) is 21.6. The van der Waals surface area contributed by atoms with E-state index < -0.39 is 6.04 Å². The van der Waals surface area contributed by atoms with Gasteiger partial charge in [0.05, 0.1) is 0 Å². The van der Waals surface area contributed by atoms with Gasteiger partial charge in [-0.25, -0.2) is 0 Å². The number of benzene rings is 2. The van der Waals surface area contributed by atoms with Crippen molar-refractivity contribution in [2.75, 3.05) is 13.1 Å². The van der Waals surface area contributed by atoms with Gasteiger partial charge in [-0.2, -0.15) is 0 Å². The average Bonchev–Trinajstić information content (AvgIpc) is 3.38. The van der Waals surface area contributed by atoms with E-state index in [1.54, 1.807) is 0 Å². The molecule has 0 aliphatic carbocycles. The van der Waals surface area contributed by atoms with E-state index in [2.05, 4.69) is 26.7 Å². The topological polar surface area (TPSA) is 116 Å². The fourth-order valence-corrected chi connectivity index (χ4v) is 3.91. The number of hydrogen-bond donors (Lipinski definition) is 5. The summed E-state index contributed by atoms with van der Waals surface area (Å²) in [7, 11) is 0. The maximum atomic E-state index is 13.0. The second-order valence-electron chi connectivity index (χ2n) is 7.62. The second-order valence-corrected chi connectivity index (χ2v) is 7.62.